The predicted molar refractivity (Wildman–Crippen MR) is 87.3 cm³/mol. The molecule has 2 aromatic carbocycles. The highest BCUT2D eigenvalue weighted by Crippen LogP contribution is 2.30. The molecule has 0 N–H and O–H groups in total. The van der Waals surface area contributed by atoms with Crippen LogP contribution >= 0.6 is 15.9 Å². The van der Waals surface area contributed by atoms with Crippen molar-refractivity contribution in [3.05, 3.63) is 53.0 Å². The van der Waals surface area contributed by atoms with Crippen molar-refractivity contribution in [1.82, 2.24) is 0 Å². The number of nitrogens with zero attached hydrogens (tertiary/aromatic N) is 1. The molecule has 21 heavy (non-hydrogen) atoms. The Balaban J connectivity index is 2.47. The van der Waals surface area contributed by atoms with Crippen LogP contribution in [0.15, 0.2) is 57.9 Å². The average molecular weight is 370 g/mol. The van der Waals surface area contributed by atoms with Crippen LogP contribution in [0.1, 0.15) is 6.92 Å². The third-order valence-electron chi connectivity index (χ3n) is 3.04. The van der Waals surface area contributed by atoms with E-state index in [-0.39, 0.29) is 4.90 Å². The zero-order valence-corrected chi connectivity index (χ0v) is 14.2. The van der Waals surface area contributed by atoms with E-state index >= 15 is 0 Å². The third-order valence-corrected chi connectivity index (χ3v) is 5.56. The van der Waals surface area contributed by atoms with Gasteiger partial charge in [0.05, 0.1) is 22.2 Å². The normalized spacial score (nSPS) is 11.2. The SMILES string of the molecule is CCN(c1ccccc1)S(=O)(=O)c1ccc(OC)c(Br)c1. The summed E-state index contributed by atoms with van der Waals surface area (Å²) in [4.78, 5) is 0.223. The van der Waals surface area contributed by atoms with E-state index in [2.05, 4.69) is 15.9 Å². The molecular formula is C15H16BrNO3S. The van der Waals surface area contributed by atoms with Gasteiger partial charge in [-0.15, -0.1) is 0 Å². The number of hydrogen-bond acceptors (Lipinski definition) is 3. The Labute approximate surface area is 133 Å². The Morgan fingerprint density at radius 2 is 1.81 bits per heavy atom. The van der Waals surface area contributed by atoms with Crippen LogP contribution < -0.4 is 9.04 Å². The summed E-state index contributed by atoms with van der Waals surface area (Å²) in [5.41, 5.74) is 0.645. The Morgan fingerprint density at radius 1 is 1.14 bits per heavy atom. The summed E-state index contributed by atoms with van der Waals surface area (Å²) in [7, 11) is -2.07. The summed E-state index contributed by atoms with van der Waals surface area (Å²) in [5.74, 6) is 0.594. The minimum atomic E-state index is -3.60. The van der Waals surface area contributed by atoms with Gasteiger partial charge in [-0.1, -0.05) is 18.2 Å². The average Bonchev–Trinajstić information content (AvgIpc) is 2.48. The highest BCUT2D eigenvalue weighted by molar-refractivity contribution is 9.10. The van der Waals surface area contributed by atoms with Crippen LogP contribution in [-0.2, 0) is 10.0 Å². The first-order chi connectivity index (χ1) is 10.0. The first kappa shape index (κ1) is 15.9. The Morgan fingerprint density at radius 3 is 2.33 bits per heavy atom. The number of anilines is 1. The summed E-state index contributed by atoms with van der Waals surface area (Å²) < 4.78 is 32.7. The molecule has 2 rings (SSSR count). The molecule has 0 amide bonds. The van der Waals surface area contributed by atoms with E-state index < -0.39 is 10.0 Å². The quantitative estimate of drug-likeness (QED) is 0.807. The molecule has 0 spiro atoms. The summed E-state index contributed by atoms with van der Waals surface area (Å²) in [6.45, 7) is 2.17. The molecule has 0 saturated carbocycles. The van der Waals surface area contributed by atoms with E-state index in [0.29, 0.717) is 22.5 Å². The molecule has 0 aliphatic rings. The summed E-state index contributed by atoms with van der Waals surface area (Å²) >= 11 is 3.32. The van der Waals surface area contributed by atoms with Gasteiger partial charge in [-0.2, -0.15) is 0 Å². The van der Waals surface area contributed by atoms with Gasteiger partial charge in [0.25, 0.3) is 10.0 Å². The maximum Gasteiger partial charge on any atom is 0.264 e. The maximum atomic E-state index is 12.8. The monoisotopic (exact) mass is 369 g/mol. The summed E-state index contributed by atoms with van der Waals surface area (Å²) in [5, 5.41) is 0. The van der Waals surface area contributed by atoms with Gasteiger partial charge >= 0.3 is 0 Å². The van der Waals surface area contributed by atoms with E-state index in [1.807, 2.05) is 25.1 Å². The van der Waals surface area contributed by atoms with Crippen molar-refractivity contribution in [3.63, 3.8) is 0 Å². The molecule has 0 heterocycles. The minimum Gasteiger partial charge on any atom is -0.496 e. The first-order valence-electron chi connectivity index (χ1n) is 6.42. The van der Waals surface area contributed by atoms with Crippen molar-refractivity contribution in [2.45, 2.75) is 11.8 Å². The molecule has 0 bridgehead atoms. The van der Waals surface area contributed by atoms with Crippen molar-refractivity contribution in [2.24, 2.45) is 0 Å². The number of halogens is 1. The summed E-state index contributed by atoms with van der Waals surface area (Å²) in [6, 6.07) is 13.8. The van der Waals surface area contributed by atoms with Gasteiger partial charge in [-0.25, -0.2) is 8.42 Å². The number of ether oxygens (including phenoxy) is 1. The maximum absolute atomic E-state index is 12.8. The van der Waals surface area contributed by atoms with Crippen molar-refractivity contribution in [3.8, 4) is 5.75 Å². The molecule has 0 aliphatic carbocycles. The second kappa shape index (κ2) is 6.49. The van der Waals surface area contributed by atoms with Gasteiger partial charge in [0.1, 0.15) is 5.75 Å². The predicted octanol–water partition coefficient (Wildman–Crippen LogP) is 3.67. The number of methoxy groups -OCH3 is 1. The molecule has 0 fully saturated rings. The number of benzene rings is 2. The van der Waals surface area contributed by atoms with Crippen molar-refractivity contribution < 1.29 is 13.2 Å². The molecule has 2 aromatic rings. The van der Waals surface area contributed by atoms with Gasteiger partial charge in [0.2, 0.25) is 0 Å². The van der Waals surface area contributed by atoms with Crippen LogP contribution in [0.25, 0.3) is 0 Å². The first-order valence-corrected chi connectivity index (χ1v) is 8.65. The third kappa shape index (κ3) is 3.22. The Kier molecular flexibility index (Phi) is 4.90. The van der Waals surface area contributed by atoms with Gasteiger partial charge in [0.15, 0.2) is 0 Å². The highest BCUT2D eigenvalue weighted by atomic mass is 79.9. The molecule has 4 nitrogen and oxygen atoms in total. The molecule has 112 valence electrons. The van der Waals surface area contributed by atoms with Gasteiger partial charge in [0, 0.05) is 6.54 Å². The largest absolute Gasteiger partial charge is 0.496 e. The fourth-order valence-corrected chi connectivity index (χ4v) is 4.21. The van der Waals surface area contributed by atoms with E-state index in [1.165, 1.54) is 11.4 Å². The lowest BCUT2D eigenvalue weighted by Crippen LogP contribution is -2.30. The van der Waals surface area contributed by atoms with Crippen LogP contribution in [0.2, 0.25) is 0 Å². The van der Waals surface area contributed by atoms with Crippen LogP contribution in [0.4, 0.5) is 5.69 Å². The van der Waals surface area contributed by atoms with Crippen LogP contribution in [0.5, 0.6) is 5.75 Å². The van der Waals surface area contributed by atoms with E-state index in [0.717, 1.165) is 0 Å². The molecule has 0 atom stereocenters. The molecule has 0 unspecified atom stereocenters. The number of para-hydroxylation sites is 1. The van der Waals surface area contributed by atoms with Crippen molar-refractivity contribution in [1.29, 1.82) is 0 Å². The zero-order chi connectivity index (χ0) is 15.5. The van der Waals surface area contributed by atoms with E-state index in [9.17, 15) is 8.42 Å². The van der Waals surface area contributed by atoms with E-state index in [1.54, 1.807) is 30.3 Å². The van der Waals surface area contributed by atoms with Crippen LogP contribution in [-0.4, -0.2) is 22.1 Å². The molecule has 0 radical (unpaired) electrons. The topological polar surface area (TPSA) is 46.6 Å². The van der Waals surface area contributed by atoms with Crippen molar-refractivity contribution >= 4 is 31.6 Å². The second-order valence-electron chi connectivity index (χ2n) is 4.30. The molecular weight excluding hydrogens is 354 g/mol. The lowest BCUT2D eigenvalue weighted by molar-refractivity contribution is 0.411. The standard InChI is InChI=1S/C15H16BrNO3S/c1-3-17(12-7-5-4-6-8-12)21(18,19)13-9-10-15(20-2)14(16)11-13/h4-11H,3H2,1-2H3. The number of hydrogen-bond donors (Lipinski definition) is 0. The lowest BCUT2D eigenvalue weighted by atomic mass is 10.3. The Bertz CT molecular complexity index is 717. The van der Waals surface area contributed by atoms with E-state index in [4.69, 9.17) is 4.74 Å². The van der Waals surface area contributed by atoms with Gasteiger partial charge in [-0.3, -0.25) is 4.31 Å². The summed E-state index contributed by atoms with van der Waals surface area (Å²) in [6.07, 6.45) is 0. The smallest absolute Gasteiger partial charge is 0.264 e. The lowest BCUT2D eigenvalue weighted by Gasteiger charge is -2.23. The fraction of sp³-hybridized carbons (Fsp3) is 0.200. The molecule has 0 aromatic heterocycles. The van der Waals surface area contributed by atoms with Crippen molar-refractivity contribution in [2.75, 3.05) is 18.0 Å². The Hall–Kier alpha value is -1.53. The highest BCUT2D eigenvalue weighted by Gasteiger charge is 2.24. The van der Waals surface area contributed by atoms with Crippen LogP contribution in [0.3, 0.4) is 0 Å². The molecule has 0 aliphatic heterocycles. The molecule has 6 heteroatoms. The number of sulfonamides is 1. The fourth-order valence-electron chi connectivity index (χ4n) is 2.02. The minimum absolute atomic E-state index is 0.223. The van der Waals surface area contributed by atoms with Gasteiger partial charge < -0.3 is 4.74 Å². The van der Waals surface area contributed by atoms with Crippen LogP contribution in [0, 0.1) is 0 Å². The molecule has 0 saturated heterocycles. The number of rotatable bonds is 5. The second-order valence-corrected chi connectivity index (χ2v) is 7.02. The van der Waals surface area contributed by atoms with Gasteiger partial charge in [-0.05, 0) is 53.2 Å². The zero-order valence-electron chi connectivity index (χ0n) is 11.8.